The number of carbonyl (C=O) groups is 1. The van der Waals surface area contributed by atoms with E-state index in [0.29, 0.717) is 17.7 Å². The summed E-state index contributed by atoms with van der Waals surface area (Å²) in [4.78, 5) is 13.3. The molecule has 2 atom stereocenters. The van der Waals surface area contributed by atoms with Crippen molar-refractivity contribution < 1.29 is 9.90 Å². The van der Waals surface area contributed by atoms with Crippen LogP contribution in [-0.4, -0.2) is 31.3 Å². The van der Waals surface area contributed by atoms with Gasteiger partial charge in [0.05, 0.1) is 12.0 Å². The molecule has 25 heavy (non-hydrogen) atoms. The lowest BCUT2D eigenvalue weighted by Crippen LogP contribution is -2.57. The highest BCUT2D eigenvalue weighted by molar-refractivity contribution is 5.68. The van der Waals surface area contributed by atoms with E-state index in [1.807, 2.05) is 35.1 Å². The second kappa shape index (κ2) is 5.13. The molecule has 1 N–H and O–H groups in total. The number of aliphatic carboxylic acids is 1. The maximum Gasteiger partial charge on any atom is 0.303 e. The number of aromatic nitrogens is 4. The third kappa shape index (κ3) is 2.38. The van der Waals surface area contributed by atoms with Crippen LogP contribution in [0.1, 0.15) is 44.9 Å². The van der Waals surface area contributed by atoms with Gasteiger partial charge >= 0.3 is 5.97 Å². The Morgan fingerprint density at radius 2 is 1.88 bits per heavy atom. The van der Waals surface area contributed by atoms with E-state index in [-0.39, 0.29) is 17.4 Å². The quantitative estimate of drug-likeness (QED) is 0.926. The summed E-state index contributed by atoms with van der Waals surface area (Å²) in [5.41, 5.74) is 0.759. The summed E-state index contributed by atoms with van der Waals surface area (Å²) in [7, 11) is 0. The van der Waals surface area contributed by atoms with Crippen LogP contribution in [0.15, 0.2) is 30.3 Å². The van der Waals surface area contributed by atoms with E-state index in [1.54, 1.807) is 0 Å². The molecule has 4 fully saturated rings. The first-order chi connectivity index (χ1) is 12.1. The molecule has 4 saturated carbocycles. The zero-order chi connectivity index (χ0) is 17.1. The molecule has 0 radical (unpaired) electrons. The molecule has 4 bridgehead atoms. The van der Waals surface area contributed by atoms with Crippen molar-refractivity contribution in [1.82, 2.24) is 20.2 Å². The highest BCUT2D eigenvalue weighted by atomic mass is 16.4. The number of tetrazole rings is 1. The van der Waals surface area contributed by atoms with Crippen molar-refractivity contribution >= 4 is 5.97 Å². The topological polar surface area (TPSA) is 80.9 Å². The van der Waals surface area contributed by atoms with Crippen LogP contribution in [0.2, 0.25) is 0 Å². The van der Waals surface area contributed by atoms with Crippen molar-refractivity contribution in [3.05, 3.63) is 30.3 Å². The van der Waals surface area contributed by atoms with Crippen molar-refractivity contribution in [1.29, 1.82) is 0 Å². The van der Waals surface area contributed by atoms with Crippen molar-refractivity contribution in [3.8, 4) is 11.4 Å². The first kappa shape index (κ1) is 15.0. The van der Waals surface area contributed by atoms with E-state index < -0.39 is 5.97 Å². The molecular weight excluding hydrogens is 316 g/mol. The highest BCUT2D eigenvalue weighted by Gasteiger charge is 2.60. The minimum absolute atomic E-state index is 0.0730. The van der Waals surface area contributed by atoms with E-state index >= 15 is 0 Å². The molecule has 0 unspecified atom stereocenters. The molecule has 1 aromatic carbocycles. The van der Waals surface area contributed by atoms with Crippen LogP contribution in [0, 0.1) is 17.3 Å². The van der Waals surface area contributed by atoms with Gasteiger partial charge in [-0.2, -0.15) is 4.80 Å². The first-order valence-electron chi connectivity index (χ1n) is 9.14. The van der Waals surface area contributed by atoms with Gasteiger partial charge < -0.3 is 5.11 Å². The second-order valence-corrected chi connectivity index (χ2v) is 8.52. The van der Waals surface area contributed by atoms with E-state index in [4.69, 9.17) is 5.10 Å². The number of nitrogens with zero attached hydrogens (tertiary/aromatic N) is 4. The van der Waals surface area contributed by atoms with Crippen LogP contribution in [0.3, 0.4) is 0 Å². The van der Waals surface area contributed by atoms with Crippen LogP contribution in [0.5, 0.6) is 0 Å². The molecule has 2 aromatic rings. The monoisotopic (exact) mass is 338 g/mol. The van der Waals surface area contributed by atoms with Crippen LogP contribution in [-0.2, 0) is 10.3 Å². The molecule has 6 rings (SSSR count). The molecule has 0 spiro atoms. The summed E-state index contributed by atoms with van der Waals surface area (Å²) in [6.07, 6.45) is 6.63. The fourth-order valence-corrected chi connectivity index (χ4v) is 6.28. The zero-order valence-electron chi connectivity index (χ0n) is 14.1. The van der Waals surface area contributed by atoms with Gasteiger partial charge in [0.15, 0.2) is 0 Å². The van der Waals surface area contributed by atoms with Crippen LogP contribution in [0.25, 0.3) is 11.4 Å². The Morgan fingerprint density at radius 1 is 1.16 bits per heavy atom. The number of hydrogen-bond acceptors (Lipinski definition) is 4. The predicted molar refractivity (Wildman–Crippen MR) is 90.6 cm³/mol. The number of rotatable bonds is 4. The van der Waals surface area contributed by atoms with Crippen LogP contribution in [0.4, 0.5) is 0 Å². The Kier molecular flexibility index (Phi) is 3.09. The molecule has 6 nitrogen and oxygen atoms in total. The molecule has 0 aliphatic heterocycles. The minimum Gasteiger partial charge on any atom is -0.481 e. The Morgan fingerprint density at radius 3 is 2.56 bits per heavy atom. The summed E-state index contributed by atoms with van der Waals surface area (Å²) in [5.74, 6) is 1.19. The second-order valence-electron chi connectivity index (χ2n) is 8.52. The molecule has 130 valence electrons. The smallest absolute Gasteiger partial charge is 0.303 e. The Hall–Kier alpha value is -2.24. The van der Waals surface area contributed by atoms with Crippen molar-refractivity contribution in [2.24, 2.45) is 17.3 Å². The SMILES string of the molecule is O=C(O)CC12C[C@@H]3C[C@@H](C1)CC(n1nnc(-c4ccccc4)n1)(C3)C2. The van der Waals surface area contributed by atoms with E-state index in [0.717, 1.165) is 37.7 Å². The van der Waals surface area contributed by atoms with E-state index in [1.165, 1.54) is 6.42 Å². The van der Waals surface area contributed by atoms with Gasteiger partial charge in [0, 0.05) is 5.56 Å². The molecule has 1 heterocycles. The van der Waals surface area contributed by atoms with Crippen LogP contribution >= 0.6 is 0 Å². The standard InChI is InChI=1S/C19H22N4O2/c24-16(25)11-18-7-13-6-14(8-18)10-19(9-13,12-18)23-21-17(20-22-23)15-4-2-1-3-5-15/h1-5,13-14H,6-12H2,(H,24,25)/t13-,14-,18?,19?/m0/s1. The number of benzene rings is 1. The normalized spacial score (nSPS) is 35.8. The number of carboxylic acid groups (broad SMARTS) is 1. The maximum atomic E-state index is 11.5. The van der Waals surface area contributed by atoms with Gasteiger partial charge in [-0.3, -0.25) is 4.79 Å². The molecule has 4 aliphatic rings. The fraction of sp³-hybridized carbons (Fsp3) is 0.579. The summed E-state index contributed by atoms with van der Waals surface area (Å²) in [6, 6.07) is 9.91. The number of carboxylic acids is 1. The van der Waals surface area contributed by atoms with Crippen molar-refractivity contribution in [2.45, 2.75) is 50.5 Å². The van der Waals surface area contributed by atoms with Gasteiger partial charge in [-0.05, 0) is 61.0 Å². The van der Waals surface area contributed by atoms with Gasteiger partial charge in [-0.25, -0.2) is 0 Å². The molecule has 6 heteroatoms. The molecule has 0 amide bonds. The lowest BCUT2D eigenvalue weighted by molar-refractivity contribution is -0.152. The first-order valence-corrected chi connectivity index (χ1v) is 9.14. The summed E-state index contributed by atoms with van der Waals surface area (Å²) >= 11 is 0. The molecule has 1 aromatic heterocycles. The fourth-order valence-electron chi connectivity index (χ4n) is 6.28. The van der Waals surface area contributed by atoms with E-state index in [9.17, 15) is 9.90 Å². The largest absolute Gasteiger partial charge is 0.481 e. The average molecular weight is 338 g/mol. The lowest BCUT2D eigenvalue weighted by Gasteiger charge is -2.61. The Labute approximate surface area is 146 Å². The van der Waals surface area contributed by atoms with Gasteiger partial charge in [0.2, 0.25) is 5.82 Å². The molecule has 4 aliphatic carbocycles. The zero-order valence-corrected chi connectivity index (χ0v) is 14.1. The molecule has 0 saturated heterocycles. The van der Waals surface area contributed by atoms with Crippen molar-refractivity contribution in [2.75, 3.05) is 0 Å². The van der Waals surface area contributed by atoms with Crippen molar-refractivity contribution in [3.63, 3.8) is 0 Å². The van der Waals surface area contributed by atoms with E-state index in [2.05, 4.69) is 10.3 Å². The summed E-state index contributed by atoms with van der Waals surface area (Å²) in [5, 5.41) is 22.9. The minimum atomic E-state index is -0.673. The van der Waals surface area contributed by atoms with Gasteiger partial charge in [0.1, 0.15) is 0 Å². The van der Waals surface area contributed by atoms with Gasteiger partial charge in [-0.1, -0.05) is 30.3 Å². The Balaban J connectivity index is 1.51. The Bertz CT molecular complexity index is 802. The number of hydrogen-bond donors (Lipinski definition) is 1. The third-order valence-electron chi connectivity index (χ3n) is 6.55. The van der Waals surface area contributed by atoms with Crippen LogP contribution < -0.4 is 0 Å². The lowest BCUT2D eigenvalue weighted by atomic mass is 9.46. The summed E-state index contributed by atoms with van der Waals surface area (Å²) in [6.45, 7) is 0. The van der Waals surface area contributed by atoms with Gasteiger partial charge in [-0.15, -0.1) is 10.2 Å². The third-order valence-corrected chi connectivity index (χ3v) is 6.55. The maximum absolute atomic E-state index is 11.5. The highest BCUT2D eigenvalue weighted by Crippen LogP contribution is 2.65. The summed E-state index contributed by atoms with van der Waals surface area (Å²) < 4.78 is 0. The average Bonchev–Trinajstić information content (AvgIpc) is 3.04. The predicted octanol–water partition coefficient (Wildman–Crippen LogP) is 3.11. The molecular formula is C19H22N4O2. The van der Waals surface area contributed by atoms with Gasteiger partial charge in [0.25, 0.3) is 0 Å².